The average molecular weight is 496 g/mol. The first kappa shape index (κ1) is 23.2. The number of halogens is 4. The van der Waals surface area contributed by atoms with Crippen molar-refractivity contribution in [2.45, 2.75) is 20.0 Å². The van der Waals surface area contributed by atoms with Crippen LogP contribution in [0.1, 0.15) is 38.1 Å². The Morgan fingerprint density at radius 2 is 1.62 bits per heavy atom. The fourth-order valence-corrected chi connectivity index (χ4v) is 3.49. The molecule has 0 fully saturated rings. The van der Waals surface area contributed by atoms with Gasteiger partial charge in [-0.3, -0.25) is 19.0 Å². The lowest BCUT2D eigenvalue weighted by Crippen LogP contribution is -2.21. The molecular formula is C19H17ClF3N9O2. The number of fused-ring (bicyclic) bond motifs is 1. The van der Waals surface area contributed by atoms with Crippen molar-refractivity contribution in [1.82, 2.24) is 34.2 Å². The number of aryl methyl sites for hydroxylation is 3. The summed E-state index contributed by atoms with van der Waals surface area (Å²) in [6, 6.07) is 0.794. The minimum atomic E-state index is -4.76. The van der Waals surface area contributed by atoms with Gasteiger partial charge in [-0.05, 0) is 19.9 Å². The highest BCUT2D eigenvalue weighted by atomic mass is 35.5. The molecule has 0 saturated carbocycles. The Labute approximate surface area is 194 Å². The molecule has 0 spiro atoms. The van der Waals surface area contributed by atoms with Gasteiger partial charge in [0.1, 0.15) is 16.4 Å². The number of nitrogens with zero attached hydrogens (tertiary/aromatic N) is 7. The molecule has 0 aliphatic heterocycles. The predicted molar refractivity (Wildman–Crippen MR) is 115 cm³/mol. The number of carbonyl (C=O) groups is 2. The summed E-state index contributed by atoms with van der Waals surface area (Å²) in [5.74, 6) is -1.54. The maximum atomic E-state index is 13.4. The first-order valence-electron chi connectivity index (χ1n) is 9.64. The van der Waals surface area contributed by atoms with E-state index in [-0.39, 0.29) is 27.7 Å². The molecule has 0 saturated heterocycles. The summed E-state index contributed by atoms with van der Waals surface area (Å²) in [6.07, 6.45) is -2.07. The summed E-state index contributed by atoms with van der Waals surface area (Å²) in [7, 11) is 3.20. The molecule has 0 atom stereocenters. The molecule has 4 aromatic heterocycles. The highest BCUT2D eigenvalue weighted by molar-refractivity contribution is 6.37. The number of carbonyl (C=O) groups excluding carboxylic acids is 2. The van der Waals surface area contributed by atoms with Gasteiger partial charge in [0.2, 0.25) is 0 Å². The Kier molecular flexibility index (Phi) is 5.55. The number of nitrogens with one attached hydrogen (secondary N) is 2. The van der Waals surface area contributed by atoms with Crippen molar-refractivity contribution in [3.63, 3.8) is 0 Å². The van der Waals surface area contributed by atoms with Crippen LogP contribution in [0.25, 0.3) is 5.65 Å². The molecule has 0 aliphatic carbocycles. The molecule has 178 valence electrons. The summed E-state index contributed by atoms with van der Waals surface area (Å²) in [6.45, 7) is 3.12. The Balaban J connectivity index is 1.67. The second-order valence-electron chi connectivity index (χ2n) is 7.38. The fraction of sp³-hybridized carbons (Fsp3) is 0.263. The van der Waals surface area contributed by atoms with Crippen LogP contribution < -0.4 is 10.6 Å². The molecule has 2 N–H and O–H groups in total. The summed E-state index contributed by atoms with van der Waals surface area (Å²) in [5, 5.41) is 16.5. The third-order valence-electron chi connectivity index (χ3n) is 5.05. The lowest BCUT2D eigenvalue weighted by atomic mass is 10.3. The van der Waals surface area contributed by atoms with E-state index in [4.69, 9.17) is 11.6 Å². The highest BCUT2D eigenvalue weighted by Crippen LogP contribution is 2.32. The van der Waals surface area contributed by atoms with Crippen LogP contribution in [0.3, 0.4) is 0 Å². The van der Waals surface area contributed by atoms with Crippen LogP contribution in [0.5, 0.6) is 0 Å². The second-order valence-corrected chi connectivity index (χ2v) is 7.76. The molecule has 0 radical (unpaired) electrons. The van der Waals surface area contributed by atoms with E-state index in [1.165, 1.54) is 31.0 Å². The summed E-state index contributed by atoms with van der Waals surface area (Å²) in [4.78, 5) is 29.7. The van der Waals surface area contributed by atoms with Gasteiger partial charge in [0.15, 0.2) is 11.3 Å². The van der Waals surface area contributed by atoms with E-state index in [2.05, 4.69) is 30.9 Å². The third-order valence-corrected chi connectivity index (χ3v) is 5.40. The normalized spacial score (nSPS) is 11.8. The minimum Gasteiger partial charge on any atom is -0.318 e. The fourth-order valence-electron chi connectivity index (χ4n) is 3.24. The topological polar surface area (TPSA) is 124 Å². The molecular weight excluding hydrogens is 479 g/mol. The van der Waals surface area contributed by atoms with Gasteiger partial charge in [0.05, 0.1) is 29.5 Å². The third kappa shape index (κ3) is 3.96. The summed E-state index contributed by atoms with van der Waals surface area (Å²) >= 11 is 6.16. The Morgan fingerprint density at radius 3 is 2.24 bits per heavy atom. The Bertz CT molecular complexity index is 1450. The van der Waals surface area contributed by atoms with Crippen LogP contribution in [0.2, 0.25) is 5.02 Å². The zero-order chi connectivity index (χ0) is 24.9. The molecule has 15 heteroatoms. The van der Waals surface area contributed by atoms with Crippen molar-refractivity contribution in [3.05, 3.63) is 52.0 Å². The van der Waals surface area contributed by atoms with E-state index >= 15 is 0 Å². The highest BCUT2D eigenvalue weighted by Gasteiger charge is 2.36. The molecule has 0 unspecified atom stereocenters. The lowest BCUT2D eigenvalue weighted by Gasteiger charge is -2.09. The van der Waals surface area contributed by atoms with Crippen molar-refractivity contribution in [2.75, 3.05) is 10.6 Å². The van der Waals surface area contributed by atoms with Gasteiger partial charge in [-0.15, -0.1) is 0 Å². The van der Waals surface area contributed by atoms with Gasteiger partial charge in [-0.2, -0.15) is 28.5 Å². The lowest BCUT2D eigenvalue weighted by molar-refractivity contribution is -0.142. The minimum absolute atomic E-state index is 0.000138. The first-order chi connectivity index (χ1) is 15.9. The van der Waals surface area contributed by atoms with Gasteiger partial charge in [0.25, 0.3) is 11.8 Å². The molecule has 0 aromatic carbocycles. The van der Waals surface area contributed by atoms with E-state index in [0.29, 0.717) is 15.9 Å². The average Bonchev–Trinajstić information content (AvgIpc) is 3.38. The van der Waals surface area contributed by atoms with Gasteiger partial charge in [-0.1, -0.05) is 11.6 Å². The first-order valence-corrected chi connectivity index (χ1v) is 10.0. The zero-order valence-corrected chi connectivity index (χ0v) is 18.9. The van der Waals surface area contributed by atoms with Gasteiger partial charge in [-0.25, -0.2) is 9.50 Å². The molecule has 2 amide bonds. The molecule has 0 bridgehead atoms. The molecule has 11 nitrogen and oxygen atoms in total. The number of hydrogen-bond donors (Lipinski definition) is 2. The largest absolute Gasteiger partial charge is 0.433 e. The second kappa shape index (κ2) is 8.13. The van der Waals surface area contributed by atoms with Crippen molar-refractivity contribution in [3.8, 4) is 0 Å². The summed E-state index contributed by atoms with van der Waals surface area (Å²) in [5.41, 5.74) is -0.772. The number of rotatable bonds is 4. The smallest absolute Gasteiger partial charge is 0.318 e. The number of anilines is 2. The van der Waals surface area contributed by atoms with E-state index < -0.39 is 29.4 Å². The summed E-state index contributed by atoms with van der Waals surface area (Å²) < 4.78 is 43.6. The van der Waals surface area contributed by atoms with E-state index in [1.54, 1.807) is 18.7 Å². The zero-order valence-electron chi connectivity index (χ0n) is 18.2. The maximum Gasteiger partial charge on any atom is 0.433 e. The SMILES string of the molecule is Cc1cc(C(F)(F)F)n2nc(C(=O)Nc3cnn(C)c3C(=O)Nc3cnn(C)c3C)c(Cl)c2n1. The predicted octanol–water partition coefficient (Wildman–Crippen LogP) is 2.99. The molecule has 4 rings (SSSR count). The molecule has 4 aromatic rings. The molecule has 34 heavy (non-hydrogen) atoms. The standard InChI is InChI=1S/C19H17ClF3N9O2/c1-8-5-12(19(21,22)23)32-16(26-8)13(20)14(29-32)17(33)28-11-7-25-31(4)15(11)18(34)27-10-6-24-30(3)9(10)2/h5-7H,1-4H3,(H,27,34)(H,28,33). The van der Waals surface area contributed by atoms with Crippen LogP contribution in [0.4, 0.5) is 24.5 Å². The number of alkyl halides is 3. The van der Waals surface area contributed by atoms with Gasteiger partial charge >= 0.3 is 6.18 Å². The van der Waals surface area contributed by atoms with Crippen LogP contribution in [0, 0.1) is 13.8 Å². The quantitative estimate of drug-likeness (QED) is 0.448. The van der Waals surface area contributed by atoms with Crippen LogP contribution >= 0.6 is 11.6 Å². The molecule has 0 aliphatic rings. The van der Waals surface area contributed by atoms with Gasteiger partial charge < -0.3 is 10.6 Å². The van der Waals surface area contributed by atoms with E-state index in [0.717, 1.165) is 6.07 Å². The van der Waals surface area contributed by atoms with Crippen molar-refractivity contribution in [1.29, 1.82) is 0 Å². The van der Waals surface area contributed by atoms with Crippen LogP contribution in [0.15, 0.2) is 18.5 Å². The molecule has 4 heterocycles. The van der Waals surface area contributed by atoms with Crippen molar-refractivity contribution >= 4 is 40.4 Å². The monoisotopic (exact) mass is 495 g/mol. The Hall–Kier alpha value is -3.94. The van der Waals surface area contributed by atoms with Crippen LogP contribution in [-0.2, 0) is 20.3 Å². The van der Waals surface area contributed by atoms with E-state index in [9.17, 15) is 22.8 Å². The van der Waals surface area contributed by atoms with Gasteiger partial charge in [0, 0.05) is 19.8 Å². The van der Waals surface area contributed by atoms with Crippen molar-refractivity contribution in [2.24, 2.45) is 14.1 Å². The maximum absolute atomic E-state index is 13.4. The number of aromatic nitrogens is 7. The number of amides is 2. The van der Waals surface area contributed by atoms with Crippen LogP contribution in [-0.4, -0.2) is 46.0 Å². The van der Waals surface area contributed by atoms with E-state index in [1.807, 2.05) is 0 Å². The number of hydrogen-bond acceptors (Lipinski definition) is 6. The van der Waals surface area contributed by atoms with Crippen molar-refractivity contribution < 1.29 is 22.8 Å². The Morgan fingerprint density at radius 1 is 1.00 bits per heavy atom.